The molecule has 0 saturated carbocycles. The summed E-state index contributed by atoms with van der Waals surface area (Å²) in [4.78, 5) is 11.6. The van der Waals surface area contributed by atoms with Gasteiger partial charge in [0, 0.05) is 21.8 Å². The molecule has 2 aromatic rings. The fourth-order valence-electron chi connectivity index (χ4n) is 1.87. The molecule has 0 saturated heterocycles. The van der Waals surface area contributed by atoms with Crippen molar-refractivity contribution >= 4 is 28.3 Å². The van der Waals surface area contributed by atoms with Gasteiger partial charge in [0.1, 0.15) is 5.75 Å². The van der Waals surface area contributed by atoms with Crippen LogP contribution in [0.4, 0.5) is 0 Å². The van der Waals surface area contributed by atoms with Crippen molar-refractivity contribution in [3.63, 3.8) is 0 Å². The Balaban J connectivity index is 2.17. The van der Waals surface area contributed by atoms with Crippen LogP contribution in [-0.4, -0.2) is 18.6 Å². The van der Waals surface area contributed by atoms with Crippen molar-refractivity contribution in [2.24, 2.45) is 0 Å². The highest BCUT2D eigenvalue weighted by Crippen LogP contribution is 2.31. The first-order valence-electron chi connectivity index (χ1n) is 6.17. The molecule has 0 aliphatic heterocycles. The van der Waals surface area contributed by atoms with Crippen LogP contribution in [0, 0.1) is 0 Å². The van der Waals surface area contributed by atoms with E-state index in [4.69, 9.17) is 16.3 Å². The van der Waals surface area contributed by atoms with E-state index in [0.29, 0.717) is 10.8 Å². The Morgan fingerprint density at radius 2 is 1.89 bits per heavy atom. The molecule has 0 aliphatic carbocycles. The molecule has 1 N–H and O–H groups in total. The average Bonchev–Trinajstić information content (AvgIpc) is 2.37. The normalized spacial score (nSPS) is 10.7. The van der Waals surface area contributed by atoms with Crippen LogP contribution < -0.4 is 10.1 Å². The summed E-state index contributed by atoms with van der Waals surface area (Å²) in [6, 6.07) is 11.4. The maximum Gasteiger partial charge on any atom is 0.258 e. The number of carbonyl (C=O) groups is 1. The third kappa shape index (κ3) is 3.38. The van der Waals surface area contributed by atoms with Crippen LogP contribution in [0.1, 0.15) is 13.8 Å². The number of hydrogen-bond acceptors (Lipinski definition) is 2. The topological polar surface area (TPSA) is 38.3 Å². The lowest BCUT2D eigenvalue weighted by Crippen LogP contribution is -2.34. The van der Waals surface area contributed by atoms with E-state index in [0.717, 1.165) is 10.8 Å². The molecule has 19 heavy (non-hydrogen) atoms. The maximum absolute atomic E-state index is 11.6. The van der Waals surface area contributed by atoms with Gasteiger partial charge in [-0.2, -0.15) is 0 Å². The molecule has 0 bridgehead atoms. The van der Waals surface area contributed by atoms with Gasteiger partial charge in [-0.15, -0.1) is 0 Å². The molecule has 2 aromatic carbocycles. The van der Waals surface area contributed by atoms with Crippen molar-refractivity contribution in [2.45, 2.75) is 19.9 Å². The van der Waals surface area contributed by atoms with E-state index in [2.05, 4.69) is 5.32 Å². The van der Waals surface area contributed by atoms with Crippen LogP contribution in [-0.2, 0) is 4.79 Å². The smallest absolute Gasteiger partial charge is 0.258 e. The fourth-order valence-corrected chi connectivity index (χ4v) is 2.10. The van der Waals surface area contributed by atoms with E-state index in [9.17, 15) is 4.79 Å². The summed E-state index contributed by atoms with van der Waals surface area (Å²) in [5, 5.41) is 5.29. The van der Waals surface area contributed by atoms with Crippen molar-refractivity contribution in [3.8, 4) is 5.75 Å². The van der Waals surface area contributed by atoms with Gasteiger partial charge in [0.2, 0.25) is 0 Å². The monoisotopic (exact) mass is 277 g/mol. The Hall–Kier alpha value is -1.74. The van der Waals surface area contributed by atoms with Gasteiger partial charge in [0.15, 0.2) is 6.61 Å². The third-order valence-electron chi connectivity index (χ3n) is 2.64. The Bertz CT molecular complexity index is 596. The summed E-state index contributed by atoms with van der Waals surface area (Å²) < 4.78 is 5.57. The molecule has 4 heteroatoms. The van der Waals surface area contributed by atoms with Crippen LogP contribution >= 0.6 is 11.6 Å². The minimum atomic E-state index is -0.131. The lowest BCUT2D eigenvalue weighted by molar-refractivity contribution is -0.123. The van der Waals surface area contributed by atoms with Gasteiger partial charge in [-0.05, 0) is 26.0 Å². The molecule has 0 radical (unpaired) electrons. The number of carbonyl (C=O) groups excluding carboxylic acids is 1. The van der Waals surface area contributed by atoms with Gasteiger partial charge < -0.3 is 10.1 Å². The highest BCUT2D eigenvalue weighted by atomic mass is 35.5. The van der Waals surface area contributed by atoms with Crippen molar-refractivity contribution in [1.29, 1.82) is 0 Å². The van der Waals surface area contributed by atoms with Gasteiger partial charge in [0.05, 0.1) is 0 Å². The van der Waals surface area contributed by atoms with Crippen molar-refractivity contribution in [1.82, 2.24) is 5.32 Å². The van der Waals surface area contributed by atoms with Gasteiger partial charge >= 0.3 is 0 Å². The van der Waals surface area contributed by atoms with Gasteiger partial charge in [-0.3, -0.25) is 4.79 Å². The number of ether oxygens (including phenoxy) is 1. The van der Waals surface area contributed by atoms with Gasteiger partial charge in [-0.1, -0.05) is 35.9 Å². The van der Waals surface area contributed by atoms with Crippen LogP contribution in [0.2, 0.25) is 5.02 Å². The lowest BCUT2D eigenvalue weighted by Gasteiger charge is -2.12. The quantitative estimate of drug-likeness (QED) is 0.930. The number of hydrogen-bond donors (Lipinski definition) is 1. The Kier molecular flexibility index (Phi) is 4.27. The molecule has 0 fully saturated rings. The highest BCUT2D eigenvalue weighted by Gasteiger charge is 2.08. The zero-order valence-corrected chi connectivity index (χ0v) is 11.7. The summed E-state index contributed by atoms with van der Waals surface area (Å²) in [6.07, 6.45) is 0. The van der Waals surface area contributed by atoms with E-state index >= 15 is 0 Å². The number of nitrogens with one attached hydrogen (secondary N) is 1. The first-order chi connectivity index (χ1) is 9.08. The van der Waals surface area contributed by atoms with E-state index in [1.54, 1.807) is 12.1 Å². The van der Waals surface area contributed by atoms with Crippen molar-refractivity contribution in [3.05, 3.63) is 41.4 Å². The summed E-state index contributed by atoms with van der Waals surface area (Å²) in [5.41, 5.74) is 0. The second kappa shape index (κ2) is 5.93. The molecular weight excluding hydrogens is 262 g/mol. The van der Waals surface area contributed by atoms with Crippen molar-refractivity contribution < 1.29 is 9.53 Å². The molecule has 3 nitrogen and oxygen atoms in total. The van der Waals surface area contributed by atoms with Crippen LogP contribution in [0.15, 0.2) is 36.4 Å². The van der Waals surface area contributed by atoms with E-state index < -0.39 is 0 Å². The SMILES string of the molecule is CC(C)NC(=O)COc1ccc(Cl)c2ccccc12. The molecule has 0 spiro atoms. The van der Waals surface area contributed by atoms with Crippen LogP contribution in [0.5, 0.6) is 5.75 Å². The summed E-state index contributed by atoms with van der Waals surface area (Å²) >= 11 is 6.13. The van der Waals surface area contributed by atoms with Crippen molar-refractivity contribution in [2.75, 3.05) is 6.61 Å². The van der Waals surface area contributed by atoms with E-state index in [1.807, 2.05) is 38.1 Å². The molecule has 0 aromatic heterocycles. The predicted octanol–water partition coefficient (Wildman–Crippen LogP) is 3.40. The van der Waals surface area contributed by atoms with Gasteiger partial charge in [-0.25, -0.2) is 0 Å². The molecule has 0 aliphatic rings. The van der Waals surface area contributed by atoms with E-state index in [-0.39, 0.29) is 18.6 Å². The zero-order valence-electron chi connectivity index (χ0n) is 10.9. The first-order valence-corrected chi connectivity index (χ1v) is 6.55. The van der Waals surface area contributed by atoms with Crippen LogP contribution in [0.3, 0.4) is 0 Å². The first kappa shape index (κ1) is 13.7. The summed E-state index contributed by atoms with van der Waals surface area (Å²) in [7, 11) is 0. The average molecular weight is 278 g/mol. The second-order valence-corrected chi connectivity index (χ2v) is 5.01. The standard InChI is InChI=1S/C15H16ClNO2/c1-10(2)17-15(18)9-19-14-8-7-13(16)11-5-3-4-6-12(11)14/h3-8,10H,9H2,1-2H3,(H,17,18). The minimum absolute atomic E-state index is 0.00378. The summed E-state index contributed by atoms with van der Waals surface area (Å²) in [6.45, 7) is 3.83. The lowest BCUT2D eigenvalue weighted by atomic mass is 10.1. The Morgan fingerprint density at radius 3 is 2.58 bits per heavy atom. The molecule has 0 unspecified atom stereocenters. The molecule has 1 amide bonds. The molecule has 0 atom stereocenters. The number of benzene rings is 2. The maximum atomic E-state index is 11.6. The Morgan fingerprint density at radius 1 is 1.21 bits per heavy atom. The minimum Gasteiger partial charge on any atom is -0.483 e. The fraction of sp³-hybridized carbons (Fsp3) is 0.267. The molecule has 0 heterocycles. The molecule has 2 rings (SSSR count). The number of fused-ring (bicyclic) bond motifs is 1. The number of halogens is 1. The van der Waals surface area contributed by atoms with Gasteiger partial charge in [0.25, 0.3) is 5.91 Å². The predicted molar refractivity (Wildman–Crippen MR) is 77.7 cm³/mol. The number of amides is 1. The number of rotatable bonds is 4. The zero-order chi connectivity index (χ0) is 13.8. The highest BCUT2D eigenvalue weighted by molar-refractivity contribution is 6.35. The third-order valence-corrected chi connectivity index (χ3v) is 2.97. The second-order valence-electron chi connectivity index (χ2n) is 4.60. The molecular formula is C15H16ClNO2. The Labute approximate surface area is 117 Å². The van der Waals surface area contributed by atoms with E-state index in [1.165, 1.54) is 0 Å². The largest absolute Gasteiger partial charge is 0.483 e. The summed E-state index contributed by atoms with van der Waals surface area (Å²) in [5.74, 6) is 0.535. The molecule has 100 valence electrons. The van der Waals surface area contributed by atoms with Crippen LogP contribution in [0.25, 0.3) is 10.8 Å².